The third-order valence-corrected chi connectivity index (χ3v) is 5.75. The molecule has 2 heterocycles. The van der Waals surface area contributed by atoms with Gasteiger partial charge in [0.25, 0.3) is 0 Å². The van der Waals surface area contributed by atoms with Gasteiger partial charge in [-0.05, 0) is 57.0 Å². The first-order chi connectivity index (χ1) is 16.3. The van der Waals surface area contributed by atoms with Gasteiger partial charge in [-0.15, -0.1) is 0 Å². The number of benzene rings is 2. The lowest BCUT2D eigenvalue weighted by Gasteiger charge is -2.35. The SMILES string of the molecule is CCOC(=O)C1=C(C)N(CC(=O)Nc2ccc(C)cc2C)c2ncnn2[C@H]1c1ccc(F)cc1. The normalized spacial score (nSPS) is 15.2. The zero-order valence-electron chi connectivity index (χ0n) is 19.5. The molecule has 1 N–H and O–H groups in total. The Labute approximate surface area is 197 Å². The molecule has 0 spiro atoms. The topological polar surface area (TPSA) is 89.3 Å². The number of aryl methyl sites for hydroxylation is 2. The van der Waals surface area contributed by atoms with Crippen LogP contribution in [0.25, 0.3) is 0 Å². The lowest BCUT2D eigenvalue weighted by Crippen LogP contribution is -2.41. The van der Waals surface area contributed by atoms with E-state index in [4.69, 9.17) is 4.74 Å². The second-order valence-corrected chi connectivity index (χ2v) is 8.13. The molecule has 1 aliphatic rings. The van der Waals surface area contributed by atoms with Crippen LogP contribution in [0.4, 0.5) is 16.0 Å². The number of ether oxygens (including phenoxy) is 1. The smallest absolute Gasteiger partial charge is 0.338 e. The largest absolute Gasteiger partial charge is 0.463 e. The van der Waals surface area contributed by atoms with Gasteiger partial charge in [0.2, 0.25) is 11.9 Å². The molecule has 9 heteroatoms. The summed E-state index contributed by atoms with van der Waals surface area (Å²) in [5.41, 5.74) is 4.24. The van der Waals surface area contributed by atoms with Gasteiger partial charge in [0.15, 0.2) is 0 Å². The van der Waals surface area contributed by atoms with Gasteiger partial charge < -0.3 is 15.0 Å². The molecule has 1 aromatic heterocycles. The number of fused-ring (bicyclic) bond motifs is 1. The molecule has 1 atom stereocenters. The lowest BCUT2D eigenvalue weighted by atomic mass is 9.95. The van der Waals surface area contributed by atoms with E-state index in [1.807, 2.05) is 32.0 Å². The number of halogens is 1. The number of allylic oxidation sites excluding steroid dienone is 1. The van der Waals surface area contributed by atoms with E-state index < -0.39 is 12.0 Å². The Balaban J connectivity index is 1.72. The summed E-state index contributed by atoms with van der Waals surface area (Å²) in [6.07, 6.45) is 1.36. The zero-order chi connectivity index (χ0) is 24.4. The summed E-state index contributed by atoms with van der Waals surface area (Å²) >= 11 is 0. The Morgan fingerprint density at radius 2 is 1.85 bits per heavy atom. The van der Waals surface area contributed by atoms with Crippen LogP contribution in [-0.4, -0.2) is 39.8 Å². The Morgan fingerprint density at radius 3 is 2.53 bits per heavy atom. The van der Waals surface area contributed by atoms with E-state index in [9.17, 15) is 14.0 Å². The van der Waals surface area contributed by atoms with Gasteiger partial charge in [0, 0.05) is 11.4 Å². The Kier molecular flexibility index (Phi) is 6.45. The molecular weight excluding hydrogens is 437 g/mol. The van der Waals surface area contributed by atoms with Gasteiger partial charge in [-0.2, -0.15) is 10.1 Å². The van der Waals surface area contributed by atoms with E-state index >= 15 is 0 Å². The number of aromatic nitrogens is 3. The maximum absolute atomic E-state index is 13.6. The molecule has 176 valence electrons. The molecule has 1 aliphatic heterocycles. The standard InChI is InChI=1S/C25H26FN5O3/c1-5-34-24(33)22-17(4)30(13-21(32)29-20-11-6-15(2)12-16(20)3)25-27-14-28-31(25)23(22)18-7-9-19(26)10-8-18/h6-12,14,23H,5,13H2,1-4H3,(H,29,32)/t23-/m0/s1. The first kappa shape index (κ1) is 23.2. The van der Waals surface area contributed by atoms with Crippen molar-refractivity contribution in [1.29, 1.82) is 0 Å². The lowest BCUT2D eigenvalue weighted by molar-refractivity contribution is -0.139. The van der Waals surface area contributed by atoms with E-state index in [1.54, 1.807) is 35.6 Å². The summed E-state index contributed by atoms with van der Waals surface area (Å²) in [6, 6.07) is 11.0. The molecule has 2 aromatic carbocycles. The van der Waals surface area contributed by atoms with Gasteiger partial charge in [0.05, 0.1) is 12.2 Å². The van der Waals surface area contributed by atoms with Crippen molar-refractivity contribution in [2.75, 3.05) is 23.4 Å². The summed E-state index contributed by atoms with van der Waals surface area (Å²) in [4.78, 5) is 32.0. The zero-order valence-corrected chi connectivity index (χ0v) is 19.5. The minimum atomic E-state index is -0.671. The van der Waals surface area contributed by atoms with Crippen molar-refractivity contribution in [2.45, 2.75) is 33.7 Å². The number of carbonyl (C=O) groups is 2. The van der Waals surface area contributed by atoms with Crippen LogP contribution in [0, 0.1) is 19.7 Å². The number of rotatable bonds is 6. The molecule has 0 aliphatic carbocycles. The van der Waals surface area contributed by atoms with Crippen molar-refractivity contribution in [3.8, 4) is 0 Å². The molecule has 0 saturated carbocycles. The maximum Gasteiger partial charge on any atom is 0.338 e. The van der Waals surface area contributed by atoms with Gasteiger partial charge >= 0.3 is 5.97 Å². The highest BCUT2D eigenvalue weighted by atomic mass is 19.1. The predicted molar refractivity (Wildman–Crippen MR) is 126 cm³/mol. The van der Waals surface area contributed by atoms with Crippen LogP contribution >= 0.6 is 0 Å². The molecular formula is C25H26FN5O3. The van der Waals surface area contributed by atoms with E-state index in [0.29, 0.717) is 28.5 Å². The highest BCUT2D eigenvalue weighted by molar-refractivity contribution is 5.97. The van der Waals surface area contributed by atoms with Crippen molar-refractivity contribution in [2.24, 2.45) is 0 Å². The summed E-state index contributed by atoms with van der Waals surface area (Å²) in [5.74, 6) is -0.795. The number of hydrogen-bond acceptors (Lipinski definition) is 6. The molecule has 0 bridgehead atoms. The highest BCUT2D eigenvalue weighted by Gasteiger charge is 2.38. The second-order valence-electron chi connectivity index (χ2n) is 8.13. The molecule has 1 amide bonds. The van der Waals surface area contributed by atoms with E-state index in [0.717, 1.165) is 11.1 Å². The van der Waals surface area contributed by atoms with Crippen LogP contribution in [0.2, 0.25) is 0 Å². The first-order valence-electron chi connectivity index (χ1n) is 11.0. The third-order valence-electron chi connectivity index (χ3n) is 5.75. The number of hydrogen-bond donors (Lipinski definition) is 1. The van der Waals surface area contributed by atoms with Crippen molar-refractivity contribution in [1.82, 2.24) is 14.8 Å². The summed E-state index contributed by atoms with van der Waals surface area (Å²) in [6.45, 7) is 7.48. The number of nitrogens with one attached hydrogen (secondary N) is 1. The number of amides is 1. The van der Waals surface area contributed by atoms with Crippen LogP contribution in [0.5, 0.6) is 0 Å². The van der Waals surface area contributed by atoms with Crippen LogP contribution in [-0.2, 0) is 14.3 Å². The molecule has 3 aromatic rings. The van der Waals surface area contributed by atoms with Crippen molar-refractivity contribution in [3.05, 3.63) is 82.6 Å². The summed E-state index contributed by atoms with van der Waals surface area (Å²) < 4.78 is 20.5. The maximum atomic E-state index is 13.6. The Morgan fingerprint density at radius 1 is 1.12 bits per heavy atom. The van der Waals surface area contributed by atoms with Gasteiger partial charge in [0.1, 0.15) is 24.7 Å². The molecule has 34 heavy (non-hydrogen) atoms. The number of esters is 1. The van der Waals surface area contributed by atoms with Crippen molar-refractivity contribution < 1.29 is 18.7 Å². The van der Waals surface area contributed by atoms with Gasteiger partial charge in [-0.3, -0.25) is 4.79 Å². The highest BCUT2D eigenvalue weighted by Crippen LogP contribution is 2.38. The van der Waals surface area contributed by atoms with E-state index in [-0.39, 0.29) is 24.9 Å². The fourth-order valence-corrected chi connectivity index (χ4v) is 4.13. The van der Waals surface area contributed by atoms with Crippen LogP contribution in [0.3, 0.4) is 0 Å². The summed E-state index contributed by atoms with van der Waals surface area (Å²) in [5, 5.41) is 7.25. The average molecular weight is 464 g/mol. The molecule has 0 radical (unpaired) electrons. The molecule has 4 rings (SSSR count). The Bertz CT molecular complexity index is 1270. The fourth-order valence-electron chi connectivity index (χ4n) is 4.13. The van der Waals surface area contributed by atoms with Crippen molar-refractivity contribution >= 4 is 23.5 Å². The van der Waals surface area contributed by atoms with Gasteiger partial charge in [-0.1, -0.05) is 29.8 Å². The first-order valence-corrected chi connectivity index (χ1v) is 11.0. The summed E-state index contributed by atoms with van der Waals surface area (Å²) in [7, 11) is 0. The number of carbonyl (C=O) groups excluding carboxylic acids is 2. The molecule has 0 unspecified atom stereocenters. The third kappa shape index (κ3) is 4.41. The molecule has 0 saturated heterocycles. The minimum absolute atomic E-state index is 0.0864. The number of anilines is 2. The minimum Gasteiger partial charge on any atom is -0.463 e. The predicted octanol–water partition coefficient (Wildman–Crippen LogP) is 3.92. The van der Waals surface area contributed by atoms with Crippen LogP contribution in [0.1, 0.15) is 36.6 Å². The second kappa shape index (κ2) is 9.46. The van der Waals surface area contributed by atoms with Crippen LogP contribution in [0.15, 0.2) is 60.1 Å². The van der Waals surface area contributed by atoms with E-state index in [1.165, 1.54) is 18.5 Å². The Hall–Kier alpha value is -4.01. The monoisotopic (exact) mass is 463 g/mol. The fraction of sp³-hybridized carbons (Fsp3) is 0.280. The average Bonchev–Trinajstić information content (AvgIpc) is 3.27. The van der Waals surface area contributed by atoms with Crippen LogP contribution < -0.4 is 10.2 Å². The quantitative estimate of drug-likeness (QED) is 0.558. The van der Waals surface area contributed by atoms with E-state index in [2.05, 4.69) is 15.4 Å². The molecule has 8 nitrogen and oxygen atoms in total. The molecule has 0 fully saturated rings. The van der Waals surface area contributed by atoms with Gasteiger partial charge in [-0.25, -0.2) is 13.9 Å². The number of nitrogens with zero attached hydrogens (tertiary/aromatic N) is 4. The van der Waals surface area contributed by atoms with Crippen molar-refractivity contribution in [3.63, 3.8) is 0 Å².